The van der Waals surface area contributed by atoms with Gasteiger partial charge in [-0.1, -0.05) is 29.1 Å². The van der Waals surface area contributed by atoms with Gasteiger partial charge in [-0.05, 0) is 25.9 Å². The lowest BCUT2D eigenvalue weighted by Crippen LogP contribution is -2.28. The molecule has 0 bridgehead atoms. The van der Waals surface area contributed by atoms with E-state index in [9.17, 15) is 4.79 Å². The molecular weight excluding hydrogens is 258 g/mol. The Kier molecular flexibility index (Phi) is 3.11. The molecule has 0 radical (unpaired) electrons. The first-order valence-corrected chi connectivity index (χ1v) is 8.06. The summed E-state index contributed by atoms with van der Waals surface area (Å²) in [5.74, 6) is 0. The first-order valence-electron chi connectivity index (χ1n) is 5.55. The highest BCUT2D eigenvalue weighted by molar-refractivity contribution is 7.38. The van der Waals surface area contributed by atoms with Gasteiger partial charge in [0.15, 0.2) is 0 Å². The normalized spacial score (nSPS) is 18.2. The highest BCUT2D eigenvalue weighted by Gasteiger charge is 2.14. The zero-order chi connectivity index (χ0) is 11.0. The summed E-state index contributed by atoms with van der Waals surface area (Å²) in [4.78, 5) is 15.2. The van der Waals surface area contributed by atoms with Gasteiger partial charge in [-0.15, -0.1) is 11.3 Å². The van der Waals surface area contributed by atoms with Crippen molar-refractivity contribution >= 4 is 43.4 Å². The number of piperidine rings is 1. The van der Waals surface area contributed by atoms with E-state index in [2.05, 4.69) is 10.3 Å². The average Bonchev–Trinajstić information content (AvgIpc) is 2.81. The van der Waals surface area contributed by atoms with E-state index in [4.69, 9.17) is 0 Å². The zero-order valence-corrected chi connectivity index (χ0v) is 11.3. The van der Waals surface area contributed by atoms with Crippen molar-refractivity contribution in [1.29, 1.82) is 0 Å². The molecule has 0 N–H and O–H groups in total. The highest BCUT2D eigenvalue weighted by atomic mass is 32.2. The molecule has 1 aliphatic rings. The van der Waals surface area contributed by atoms with Crippen LogP contribution < -0.4 is 4.06 Å². The second-order valence-corrected chi connectivity index (χ2v) is 7.36. The summed E-state index contributed by atoms with van der Waals surface area (Å²) < 4.78 is 2.66. The molecule has 5 heteroatoms. The first kappa shape index (κ1) is 10.9. The molecule has 1 aliphatic heterocycles. The number of fused-ring (bicyclic) bond motifs is 1. The largest absolute Gasteiger partial charge is 0.298 e. The zero-order valence-electron chi connectivity index (χ0n) is 8.90. The van der Waals surface area contributed by atoms with Crippen LogP contribution in [0.4, 0.5) is 0 Å². The smallest absolute Gasteiger partial charge is 0.288 e. The molecule has 0 aliphatic carbocycles. The SMILES string of the molecule is O=c1sc2csc(CN3CCCCC3)c2s1. The Morgan fingerprint density at radius 1 is 1.19 bits per heavy atom. The van der Waals surface area contributed by atoms with Crippen molar-refractivity contribution in [3.05, 3.63) is 19.1 Å². The van der Waals surface area contributed by atoms with E-state index in [1.807, 2.05) is 11.3 Å². The Labute approximate surface area is 106 Å². The van der Waals surface area contributed by atoms with Gasteiger partial charge in [0, 0.05) is 16.8 Å². The minimum atomic E-state index is 0.234. The molecule has 0 atom stereocenters. The van der Waals surface area contributed by atoms with Crippen LogP contribution >= 0.6 is 34.0 Å². The van der Waals surface area contributed by atoms with Gasteiger partial charge in [-0.2, -0.15) is 0 Å². The number of rotatable bonds is 2. The fourth-order valence-corrected chi connectivity index (χ4v) is 5.59. The molecular formula is C11H13NOS3. The van der Waals surface area contributed by atoms with Crippen LogP contribution in [-0.2, 0) is 6.54 Å². The Balaban J connectivity index is 1.84. The van der Waals surface area contributed by atoms with E-state index in [1.54, 1.807) is 0 Å². The fraction of sp³-hybridized carbons (Fsp3) is 0.545. The summed E-state index contributed by atoms with van der Waals surface area (Å²) >= 11 is 4.62. The molecule has 3 rings (SSSR count). The van der Waals surface area contributed by atoms with Gasteiger partial charge in [-0.3, -0.25) is 9.69 Å². The van der Waals surface area contributed by atoms with Crippen molar-refractivity contribution in [2.75, 3.05) is 13.1 Å². The lowest BCUT2D eigenvalue weighted by Gasteiger charge is -2.25. The maximum atomic E-state index is 11.3. The second kappa shape index (κ2) is 4.56. The summed E-state index contributed by atoms with van der Waals surface area (Å²) in [7, 11) is 0. The molecule has 2 nitrogen and oxygen atoms in total. The molecule has 1 fully saturated rings. The Morgan fingerprint density at radius 3 is 2.81 bits per heavy atom. The molecule has 0 unspecified atom stereocenters. The number of nitrogens with zero attached hydrogens (tertiary/aromatic N) is 1. The molecule has 2 aromatic heterocycles. The van der Waals surface area contributed by atoms with E-state index in [0.717, 1.165) is 6.54 Å². The number of thiophene rings is 1. The third-order valence-electron chi connectivity index (χ3n) is 2.98. The van der Waals surface area contributed by atoms with E-state index in [0.29, 0.717) is 0 Å². The second-order valence-electron chi connectivity index (χ2n) is 4.14. The predicted molar refractivity (Wildman–Crippen MR) is 73.0 cm³/mol. The van der Waals surface area contributed by atoms with Crippen molar-refractivity contribution in [1.82, 2.24) is 4.90 Å². The van der Waals surface area contributed by atoms with Crippen LogP contribution in [0.2, 0.25) is 0 Å². The third-order valence-corrected chi connectivity index (χ3v) is 6.40. The molecule has 3 heterocycles. The minimum absolute atomic E-state index is 0.234. The quantitative estimate of drug-likeness (QED) is 0.834. The van der Waals surface area contributed by atoms with E-state index in [-0.39, 0.29) is 4.06 Å². The fourth-order valence-electron chi connectivity index (χ4n) is 2.17. The molecule has 0 spiro atoms. The Bertz CT molecular complexity index is 533. The maximum Gasteiger partial charge on any atom is 0.288 e. The monoisotopic (exact) mass is 271 g/mol. The van der Waals surface area contributed by atoms with Crippen LogP contribution in [0, 0.1) is 0 Å². The lowest BCUT2D eigenvalue weighted by molar-refractivity contribution is 0.223. The first-order chi connectivity index (χ1) is 7.83. The third kappa shape index (κ3) is 2.09. The van der Waals surface area contributed by atoms with Gasteiger partial charge in [0.1, 0.15) is 0 Å². The van der Waals surface area contributed by atoms with Gasteiger partial charge in [0.25, 0.3) is 4.06 Å². The van der Waals surface area contributed by atoms with Crippen LogP contribution in [0.5, 0.6) is 0 Å². The minimum Gasteiger partial charge on any atom is -0.298 e. The molecule has 86 valence electrons. The lowest BCUT2D eigenvalue weighted by atomic mass is 10.1. The van der Waals surface area contributed by atoms with Crippen molar-refractivity contribution < 1.29 is 0 Å². The predicted octanol–water partition coefficient (Wildman–Crippen LogP) is 3.37. The van der Waals surface area contributed by atoms with Crippen LogP contribution in [0.15, 0.2) is 10.2 Å². The maximum absolute atomic E-state index is 11.3. The van der Waals surface area contributed by atoms with Crippen LogP contribution in [0.1, 0.15) is 24.1 Å². The molecule has 2 aromatic rings. The van der Waals surface area contributed by atoms with Gasteiger partial charge in [0.2, 0.25) is 0 Å². The van der Waals surface area contributed by atoms with Crippen LogP contribution in [0.25, 0.3) is 9.40 Å². The number of hydrogen-bond acceptors (Lipinski definition) is 5. The van der Waals surface area contributed by atoms with Crippen molar-refractivity contribution in [2.24, 2.45) is 0 Å². The highest BCUT2D eigenvalue weighted by Crippen LogP contribution is 2.32. The summed E-state index contributed by atoms with van der Waals surface area (Å²) in [6.07, 6.45) is 4.03. The average molecular weight is 271 g/mol. The summed E-state index contributed by atoms with van der Waals surface area (Å²) in [6, 6.07) is 0. The van der Waals surface area contributed by atoms with Gasteiger partial charge in [-0.25, -0.2) is 0 Å². The number of likely N-dealkylation sites (tertiary alicyclic amines) is 1. The van der Waals surface area contributed by atoms with Crippen LogP contribution in [0.3, 0.4) is 0 Å². The Hall–Kier alpha value is -0.230. The van der Waals surface area contributed by atoms with Crippen molar-refractivity contribution in [3.8, 4) is 0 Å². The summed E-state index contributed by atoms with van der Waals surface area (Å²) in [5.41, 5.74) is 0. The Morgan fingerprint density at radius 2 is 2.00 bits per heavy atom. The summed E-state index contributed by atoms with van der Waals surface area (Å²) in [6.45, 7) is 3.48. The molecule has 0 amide bonds. The van der Waals surface area contributed by atoms with Crippen LogP contribution in [-0.4, -0.2) is 18.0 Å². The summed E-state index contributed by atoms with van der Waals surface area (Å²) in [5, 5.41) is 2.14. The molecule has 16 heavy (non-hydrogen) atoms. The van der Waals surface area contributed by atoms with E-state index >= 15 is 0 Å². The number of hydrogen-bond donors (Lipinski definition) is 0. The van der Waals surface area contributed by atoms with E-state index < -0.39 is 0 Å². The van der Waals surface area contributed by atoms with Crippen molar-refractivity contribution in [3.63, 3.8) is 0 Å². The molecule has 0 saturated carbocycles. The van der Waals surface area contributed by atoms with Gasteiger partial charge in [0.05, 0.1) is 9.40 Å². The van der Waals surface area contributed by atoms with Gasteiger partial charge >= 0.3 is 0 Å². The topological polar surface area (TPSA) is 20.3 Å². The van der Waals surface area contributed by atoms with Crippen molar-refractivity contribution in [2.45, 2.75) is 25.8 Å². The van der Waals surface area contributed by atoms with E-state index in [1.165, 1.54) is 69.3 Å². The van der Waals surface area contributed by atoms with Gasteiger partial charge < -0.3 is 0 Å². The molecule has 0 aromatic carbocycles. The standard InChI is InChI=1S/C11H13NOS3/c13-11-15-9-7-14-8(10(9)16-11)6-12-4-2-1-3-5-12/h7H,1-6H2. The molecule has 1 saturated heterocycles.